The van der Waals surface area contributed by atoms with Gasteiger partial charge < -0.3 is 10.1 Å². The van der Waals surface area contributed by atoms with Crippen LogP contribution >= 0.6 is 0 Å². The van der Waals surface area contributed by atoms with Crippen LogP contribution in [0.2, 0.25) is 0 Å². The van der Waals surface area contributed by atoms with Gasteiger partial charge in [-0.15, -0.1) is 0 Å². The van der Waals surface area contributed by atoms with E-state index in [1.165, 1.54) is 31.2 Å². The van der Waals surface area contributed by atoms with E-state index in [1.807, 2.05) is 6.92 Å². The van der Waals surface area contributed by atoms with Crippen LogP contribution in [0.3, 0.4) is 0 Å². The lowest BCUT2D eigenvalue weighted by atomic mass is 10.2. The van der Waals surface area contributed by atoms with E-state index in [1.54, 1.807) is 16.8 Å². The molecule has 1 N–H and O–H groups in total. The van der Waals surface area contributed by atoms with Crippen molar-refractivity contribution in [3.05, 3.63) is 47.5 Å². The highest BCUT2D eigenvalue weighted by atomic mass is 19.1. The van der Waals surface area contributed by atoms with Crippen molar-refractivity contribution in [1.82, 2.24) is 15.1 Å². The van der Waals surface area contributed by atoms with E-state index < -0.39 is 0 Å². The number of carbonyl (C=O) groups is 1. The van der Waals surface area contributed by atoms with E-state index in [4.69, 9.17) is 4.74 Å². The average Bonchev–Trinajstić information content (AvgIpc) is 3.32. The lowest BCUT2D eigenvalue weighted by Crippen LogP contribution is -2.25. The Kier molecular flexibility index (Phi) is 5.25. The van der Waals surface area contributed by atoms with Crippen LogP contribution in [-0.2, 0) is 4.74 Å². The highest BCUT2D eigenvalue weighted by Crippen LogP contribution is 2.28. The Bertz CT molecular complexity index is 693. The fourth-order valence-corrected chi connectivity index (χ4v) is 2.48. The molecule has 2 aromatic rings. The highest BCUT2D eigenvalue weighted by Gasteiger charge is 2.21. The van der Waals surface area contributed by atoms with Crippen LogP contribution in [0, 0.1) is 18.7 Å². The number of ether oxygens (including phenoxy) is 1. The van der Waals surface area contributed by atoms with Crippen molar-refractivity contribution < 1.29 is 13.9 Å². The fraction of sp³-hybridized carbons (Fsp3) is 0.444. The molecule has 1 aliphatic carbocycles. The second-order valence-electron chi connectivity index (χ2n) is 6.16. The number of hydrogen-bond acceptors (Lipinski definition) is 3. The summed E-state index contributed by atoms with van der Waals surface area (Å²) < 4.78 is 20.2. The van der Waals surface area contributed by atoms with E-state index in [0.29, 0.717) is 18.7 Å². The first-order chi connectivity index (χ1) is 11.6. The van der Waals surface area contributed by atoms with E-state index in [-0.39, 0.29) is 11.7 Å². The van der Waals surface area contributed by atoms with Gasteiger partial charge in [0, 0.05) is 19.8 Å². The van der Waals surface area contributed by atoms with Crippen molar-refractivity contribution in [3.63, 3.8) is 0 Å². The molecule has 0 unspecified atom stereocenters. The number of hydrogen-bond donors (Lipinski definition) is 1. The summed E-state index contributed by atoms with van der Waals surface area (Å²) in [4.78, 5) is 12.2. The SMILES string of the molecule is Cc1c(C(=O)NCCCOCC2CC2)cnn1-c1ccc(F)cc1. The summed E-state index contributed by atoms with van der Waals surface area (Å²) in [5, 5.41) is 7.11. The number of rotatable bonds is 8. The van der Waals surface area contributed by atoms with Crippen LogP contribution in [-0.4, -0.2) is 35.4 Å². The van der Waals surface area contributed by atoms with Gasteiger partial charge in [0.15, 0.2) is 0 Å². The maximum atomic E-state index is 13.0. The lowest BCUT2D eigenvalue weighted by molar-refractivity contribution is 0.0936. The molecule has 1 amide bonds. The van der Waals surface area contributed by atoms with Crippen LogP contribution in [0.4, 0.5) is 4.39 Å². The van der Waals surface area contributed by atoms with Gasteiger partial charge >= 0.3 is 0 Å². The maximum absolute atomic E-state index is 13.0. The average molecular weight is 331 g/mol. The summed E-state index contributed by atoms with van der Waals surface area (Å²) in [6.07, 6.45) is 4.91. The van der Waals surface area contributed by atoms with E-state index >= 15 is 0 Å². The monoisotopic (exact) mass is 331 g/mol. The third kappa shape index (κ3) is 4.20. The fourth-order valence-electron chi connectivity index (χ4n) is 2.48. The zero-order valence-electron chi connectivity index (χ0n) is 13.8. The predicted octanol–water partition coefficient (Wildman–Crippen LogP) is 2.87. The summed E-state index contributed by atoms with van der Waals surface area (Å²) in [6, 6.07) is 6.01. The third-order valence-electron chi connectivity index (χ3n) is 4.13. The minimum atomic E-state index is -0.301. The smallest absolute Gasteiger partial charge is 0.254 e. The van der Waals surface area contributed by atoms with Gasteiger partial charge in [0.1, 0.15) is 5.82 Å². The molecule has 0 spiro atoms. The largest absolute Gasteiger partial charge is 0.381 e. The molecule has 24 heavy (non-hydrogen) atoms. The molecule has 1 aromatic carbocycles. The zero-order valence-corrected chi connectivity index (χ0v) is 13.8. The van der Waals surface area contributed by atoms with Crippen molar-refractivity contribution >= 4 is 5.91 Å². The van der Waals surface area contributed by atoms with Crippen molar-refractivity contribution in [2.24, 2.45) is 5.92 Å². The summed E-state index contributed by atoms with van der Waals surface area (Å²) in [6.45, 7) is 3.91. The van der Waals surface area contributed by atoms with Gasteiger partial charge in [-0.2, -0.15) is 5.10 Å². The van der Waals surface area contributed by atoms with E-state index in [9.17, 15) is 9.18 Å². The molecular formula is C18H22FN3O2. The first-order valence-electron chi connectivity index (χ1n) is 8.31. The molecule has 1 aromatic heterocycles. The summed E-state index contributed by atoms with van der Waals surface area (Å²) in [5.41, 5.74) is 1.98. The summed E-state index contributed by atoms with van der Waals surface area (Å²) in [5.74, 6) is 0.313. The molecule has 0 bridgehead atoms. The molecule has 3 rings (SSSR count). The second-order valence-corrected chi connectivity index (χ2v) is 6.16. The number of nitrogens with zero attached hydrogens (tertiary/aromatic N) is 2. The topological polar surface area (TPSA) is 56.1 Å². The van der Waals surface area contributed by atoms with Crippen LogP contribution in [0.5, 0.6) is 0 Å². The van der Waals surface area contributed by atoms with Crippen molar-refractivity contribution in [3.8, 4) is 5.69 Å². The predicted molar refractivity (Wildman–Crippen MR) is 88.8 cm³/mol. The lowest BCUT2D eigenvalue weighted by Gasteiger charge is -2.07. The number of amides is 1. The summed E-state index contributed by atoms with van der Waals surface area (Å²) in [7, 11) is 0. The number of nitrogens with one attached hydrogen (secondary N) is 1. The molecule has 1 heterocycles. The normalized spacial score (nSPS) is 13.9. The Labute approximate surface area is 140 Å². The molecule has 1 saturated carbocycles. The Morgan fingerprint density at radius 2 is 2.12 bits per heavy atom. The van der Waals surface area contributed by atoms with E-state index in [0.717, 1.165) is 30.3 Å². The van der Waals surface area contributed by atoms with Crippen LogP contribution in [0.25, 0.3) is 5.69 Å². The summed E-state index contributed by atoms with van der Waals surface area (Å²) >= 11 is 0. The molecule has 0 aliphatic heterocycles. The minimum absolute atomic E-state index is 0.150. The van der Waals surface area contributed by atoms with Gasteiger partial charge in [-0.25, -0.2) is 9.07 Å². The standard InChI is InChI=1S/C18H22FN3O2/c1-13-17(11-21-22(13)16-7-5-15(19)6-8-16)18(23)20-9-2-10-24-12-14-3-4-14/h5-8,11,14H,2-4,9-10,12H2,1H3,(H,20,23). The highest BCUT2D eigenvalue weighted by molar-refractivity contribution is 5.95. The van der Waals surface area contributed by atoms with Crippen molar-refractivity contribution in [2.45, 2.75) is 26.2 Å². The van der Waals surface area contributed by atoms with Gasteiger partial charge in [-0.3, -0.25) is 4.79 Å². The van der Waals surface area contributed by atoms with Gasteiger partial charge in [0.05, 0.1) is 23.1 Å². The first kappa shape index (κ1) is 16.6. The molecule has 0 saturated heterocycles. The van der Waals surface area contributed by atoms with Crippen molar-refractivity contribution in [1.29, 1.82) is 0 Å². The number of halogens is 1. The molecular weight excluding hydrogens is 309 g/mol. The Morgan fingerprint density at radius 1 is 1.38 bits per heavy atom. The molecule has 5 nitrogen and oxygen atoms in total. The molecule has 1 aliphatic rings. The third-order valence-corrected chi connectivity index (χ3v) is 4.13. The van der Waals surface area contributed by atoms with Gasteiger partial charge in [0.25, 0.3) is 5.91 Å². The Hall–Kier alpha value is -2.21. The van der Waals surface area contributed by atoms with Gasteiger partial charge in [0.2, 0.25) is 0 Å². The second kappa shape index (κ2) is 7.57. The van der Waals surface area contributed by atoms with Gasteiger partial charge in [-0.1, -0.05) is 0 Å². The number of aromatic nitrogens is 2. The van der Waals surface area contributed by atoms with Crippen LogP contribution in [0.1, 0.15) is 35.3 Å². The Morgan fingerprint density at radius 3 is 2.83 bits per heavy atom. The molecule has 0 atom stereocenters. The minimum Gasteiger partial charge on any atom is -0.381 e. The molecule has 6 heteroatoms. The molecule has 128 valence electrons. The van der Waals surface area contributed by atoms with Crippen molar-refractivity contribution in [2.75, 3.05) is 19.8 Å². The van der Waals surface area contributed by atoms with E-state index in [2.05, 4.69) is 10.4 Å². The number of benzene rings is 1. The zero-order chi connectivity index (χ0) is 16.9. The van der Waals surface area contributed by atoms with Gasteiger partial charge in [-0.05, 0) is 56.4 Å². The van der Waals surface area contributed by atoms with Crippen LogP contribution < -0.4 is 5.32 Å². The quantitative estimate of drug-likeness (QED) is 0.757. The molecule has 1 fully saturated rings. The molecule has 0 radical (unpaired) electrons. The Balaban J connectivity index is 1.50. The maximum Gasteiger partial charge on any atom is 0.254 e. The van der Waals surface area contributed by atoms with Crippen LogP contribution in [0.15, 0.2) is 30.5 Å². The number of carbonyl (C=O) groups excluding carboxylic acids is 1. The first-order valence-corrected chi connectivity index (χ1v) is 8.31.